The van der Waals surface area contributed by atoms with Gasteiger partial charge in [-0.25, -0.2) is 13.1 Å². The Bertz CT molecular complexity index is 792. The number of nitrogens with one attached hydrogen (secondary N) is 1. The van der Waals surface area contributed by atoms with E-state index in [1.165, 1.54) is 6.07 Å². The summed E-state index contributed by atoms with van der Waals surface area (Å²) in [5.74, 6) is 0. The van der Waals surface area contributed by atoms with Crippen molar-refractivity contribution in [1.29, 1.82) is 0 Å². The van der Waals surface area contributed by atoms with Gasteiger partial charge in [0.05, 0.1) is 4.47 Å². The molecule has 21 heavy (non-hydrogen) atoms. The van der Waals surface area contributed by atoms with Gasteiger partial charge in [0.25, 0.3) is 0 Å². The maximum absolute atomic E-state index is 12.3. The third kappa shape index (κ3) is 4.06. The van der Waals surface area contributed by atoms with Crippen molar-refractivity contribution in [2.24, 2.45) is 0 Å². The van der Waals surface area contributed by atoms with Gasteiger partial charge < -0.3 is 0 Å². The number of thiophene rings is 1. The summed E-state index contributed by atoms with van der Waals surface area (Å²) in [6.07, 6.45) is 0. The highest BCUT2D eigenvalue weighted by atomic mass is 79.9. The molecule has 2 rings (SSSR count). The van der Waals surface area contributed by atoms with E-state index in [0.717, 1.165) is 11.3 Å². The molecule has 3 nitrogen and oxygen atoms in total. The molecule has 2 aromatic rings. The molecule has 0 amide bonds. The molecule has 0 saturated heterocycles. The molecule has 0 aliphatic carbocycles. The Kier molecular flexibility index (Phi) is 5.88. The van der Waals surface area contributed by atoms with E-state index in [2.05, 4.69) is 20.7 Å². The smallest absolute Gasteiger partial charge is 0.207 e. The highest BCUT2D eigenvalue weighted by Crippen LogP contribution is 2.42. The fourth-order valence-electron chi connectivity index (χ4n) is 1.48. The Balaban J connectivity index is 2.26. The maximum Gasteiger partial charge on any atom is 0.244 e. The van der Waals surface area contributed by atoms with Gasteiger partial charge in [-0.3, -0.25) is 0 Å². The van der Waals surface area contributed by atoms with E-state index < -0.39 is 10.0 Å². The summed E-state index contributed by atoms with van der Waals surface area (Å²) in [7, 11) is -3.82. The van der Waals surface area contributed by atoms with Crippen LogP contribution in [0.5, 0.6) is 0 Å². The lowest BCUT2D eigenvalue weighted by atomic mass is 10.2. The molecular weight excluding hydrogens is 464 g/mol. The summed E-state index contributed by atoms with van der Waals surface area (Å²) in [6, 6.07) is 4.81. The van der Waals surface area contributed by atoms with Crippen molar-refractivity contribution < 1.29 is 8.42 Å². The minimum Gasteiger partial charge on any atom is -0.207 e. The first kappa shape index (κ1) is 17.8. The third-order valence-electron chi connectivity index (χ3n) is 2.47. The Labute approximate surface area is 154 Å². The molecule has 114 valence electrons. The fraction of sp³-hybridized carbons (Fsp3) is 0.0909. The van der Waals surface area contributed by atoms with Gasteiger partial charge >= 0.3 is 0 Å². The van der Waals surface area contributed by atoms with E-state index >= 15 is 0 Å². The molecular formula is C11H6BrCl4NO2S2. The summed E-state index contributed by atoms with van der Waals surface area (Å²) < 4.78 is 27.6. The summed E-state index contributed by atoms with van der Waals surface area (Å²) in [5, 5.41) is 0.848. The monoisotopic (exact) mass is 467 g/mol. The van der Waals surface area contributed by atoms with Crippen LogP contribution in [0, 0.1) is 0 Å². The minimum atomic E-state index is -3.82. The largest absolute Gasteiger partial charge is 0.244 e. The first-order valence-electron chi connectivity index (χ1n) is 5.29. The van der Waals surface area contributed by atoms with Gasteiger partial charge in [-0.05, 0) is 33.6 Å². The Morgan fingerprint density at radius 3 is 2.33 bits per heavy atom. The van der Waals surface area contributed by atoms with Crippen molar-refractivity contribution in [3.05, 3.63) is 47.0 Å². The molecule has 10 heteroatoms. The maximum atomic E-state index is 12.3. The van der Waals surface area contributed by atoms with Crippen molar-refractivity contribution >= 4 is 83.7 Å². The Morgan fingerprint density at radius 1 is 1.14 bits per heavy atom. The van der Waals surface area contributed by atoms with E-state index in [-0.39, 0.29) is 24.6 Å². The number of halogens is 5. The number of rotatable bonds is 4. The lowest BCUT2D eigenvalue weighted by molar-refractivity contribution is 0.581. The second-order valence-corrected chi connectivity index (χ2v) is 9.42. The zero-order valence-electron chi connectivity index (χ0n) is 9.96. The van der Waals surface area contributed by atoms with Gasteiger partial charge in [0, 0.05) is 16.6 Å². The molecule has 0 radical (unpaired) electrons. The van der Waals surface area contributed by atoms with E-state index in [9.17, 15) is 8.42 Å². The molecule has 0 saturated carbocycles. The van der Waals surface area contributed by atoms with Crippen LogP contribution >= 0.6 is 73.7 Å². The normalized spacial score (nSPS) is 11.9. The zero-order valence-corrected chi connectivity index (χ0v) is 16.2. The van der Waals surface area contributed by atoms with Gasteiger partial charge in [-0.1, -0.05) is 52.5 Å². The molecule has 1 aromatic carbocycles. The van der Waals surface area contributed by atoms with E-state index in [1.807, 2.05) is 0 Å². The van der Waals surface area contributed by atoms with Crippen LogP contribution in [0.3, 0.4) is 0 Å². The molecule has 0 aliphatic rings. The average Bonchev–Trinajstić information content (AvgIpc) is 2.62. The highest BCUT2D eigenvalue weighted by molar-refractivity contribution is 9.10. The molecule has 1 aromatic heterocycles. The highest BCUT2D eigenvalue weighted by Gasteiger charge is 2.26. The molecule has 0 spiro atoms. The lowest BCUT2D eigenvalue weighted by Crippen LogP contribution is -2.23. The molecule has 0 unspecified atom stereocenters. The van der Waals surface area contributed by atoms with Gasteiger partial charge in [-0.15, -0.1) is 11.3 Å². The average molecular weight is 470 g/mol. The van der Waals surface area contributed by atoms with Gasteiger partial charge in [-0.2, -0.15) is 0 Å². The quantitative estimate of drug-likeness (QED) is 0.633. The van der Waals surface area contributed by atoms with Crippen LogP contribution in [-0.4, -0.2) is 8.42 Å². The first-order valence-corrected chi connectivity index (χ1v) is 9.89. The predicted molar refractivity (Wildman–Crippen MR) is 92.5 cm³/mol. The minimum absolute atomic E-state index is 0.00850. The number of sulfonamides is 1. The molecule has 1 heterocycles. The predicted octanol–water partition coefficient (Wildman–Crippen LogP) is 5.60. The molecule has 0 atom stereocenters. The van der Waals surface area contributed by atoms with Crippen molar-refractivity contribution in [2.75, 3.05) is 0 Å². The second kappa shape index (κ2) is 6.93. The van der Waals surface area contributed by atoms with Crippen molar-refractivity contribution in [3.8, 4) is 0 Å². The summed E-state index contributed by atoms with van der Waals surface area (Å²) in [4.78, 5) is -0.0794. The second-order valence-electron chi connectivity index (χ2n) is 3.85. The summed E-state index contributed by atoms with van der Waals surface area (Å²) in [5.41, 5.74) is 0.596. The third-order valence-corrected chi connectivity index (χ3v) is 7.92. The van der Waals surface area contributed by atoms with Crippen LogP contribution in [-0.2, 0) is 16.6 Å². The van der Waals surface area contributed by atoms with Crippen LogP contribution in [0.1, 0.15) is 5.56 Å². The van der Waals surface area contributed by atoms with Gasteiger partial charge in [0.15, 0.2) is 0 Å². The van der Waals surface area contributed by atoms with Gasteiger partial charge in [0.1, 0.15) is 13.6 Å². The first-order chi connectivity index (χ1) is 9.72. The van der Waals surface area contributed by atoms with Crippen LogP contribution in [0.25, 0.3) is 0 Å². The number of benzene rings is 1. The fourth-order valence-corrected chi connectivity index (χ4v) is 6.51. The topological polar surface area (TPSA) is 46.2 Å². The molecule has 0 aliphatic heterocycles. The van der Waals surface area contributed by atoms with E-state index in [0.29, 0.717) is 15.6 Å². The van der Waals surface area contributed by atoms with Gasteiger partial charge in [0.2, 0.25) is 10.0 Å². The summed E-state index contributed by atoms with van der Waals surface area (Å²) >= 11 is 27.6. The summed E-state index contributed by atoms with van der Waals surface area (Å²) in [6.45, 7) is 0.00850. The van der Waals surface area contributed by atoms with Crippen LogP contribution in [0.2, 0.25) is 18.7 Å². The van der Waals surface area contributed by atoms with Crippen molar-refractivity contribution in [1.82, 2.24) is 4.72 Å². The standard InChI is InChI=1S/C11H6BrCl4NO2S2/c12-8-9(11(16)20-10(8)15)21(18,19)17-4-5-1-2-6(13)3-7(5)14/h1-3,17H,4H2. The van der Waals surface area contributed by atoms with Crippen LogP contribution in [0.4, 0.5) is 0 Å². The number of hydrogen-bond donors (Lipinski definition) is 1. The molecule has 0 bridgehead atoms. The van der Waals surface area contributed by atoms with Crippen molar-refractivity contribution in [3.63, 3.8) is 0 Å². The number of hydrogen-bond acceptors (Lipinski definition) is 3. The van der Waals surface area contributed by atoms with Crippen LogP contribution in [0.15, 0.2) is 27.6 Å². The Hall–Kier alpha value is 0.470. The zero-order chi connectivity index (χ0) is 15.8. The molecule has 0 fully saturated rings. The van der Waals surface area contributed by atoms with E-state index in [1.54, 1.807) is 12.1 Å². The molecule has 1 N–H and O–H groups in total. The van der Waals surface area contributed by atoms with Crippen LogP contribution < -0.4 is 4.72 Å². The van der Waals surface area contributed by atoms with Crippen molar-refractivity contribution in [2.45, 2.75) is 11.4 Å². The lowest BCUT2D eigenvalue weighted by Gasteiger charge is -2.08. The SMILES string of the molecule is O=S(=O)(NCc1ccc(Cl)cc1Cl)c1c(Cl)sc(Cl)c1Br. The Morgan fingerprint density at radius 2 is 1.81 bits per heavy atom. The van der Waals surface area contributed by atoms with E-state index in [4.69, 9.17) is 46.4 Å².